The highest BCUT2D eigenvalue weighted by Gasteiger charge is 1.64. The molecule has 0 N–H and O–H groups in total. The molecule has 0 radical (unpaired) electrons. The molecule has 15 heavy (non-hydrogen) atoms. The van der Waals surface area contributed by atoms with Crippen LogP contribution in [-0.4, -0.2) is 39.6 Å². The van der Waals surface area contributed by atoms with Crippen LogP contribution < -0.4 is 0 Å². The molecule has 0 amide bonds. The minimum absolute atomic E-state index is 0.844. The Balaban J connectivity index is -0.000000144. The molecule has 0 aromatic heterocycles. The van der Waals surface area contributed by atoms with E-state index in [4.69, 9.17) is 14.2 Å². The largest absolute Gasteiger partial charge is 0.382 e. The molecule has 0 aromatic carbocycles. The summed E-state index contributed by atoms with van der Waals surface area (Å²) in [6.07, 6.45) is 0. The molecule has 0 aromatic rings. The van der Waals surface area contributed by atoms with Crippen LogP contribution in [0.1, 0.15) is 41.5 Å². The van der Waals surface area contributed by atoms with Gasteiger partial charge < -0.3 is 14.2 Å². The number of hydrogen-bond donors (Lipinski definition) is 0. The van der Waals surface area contributed by atoms with E-state index >= 15 is 0 Å². The van der Waals surface area contributed by atoms with E-state index in [0.29, 0.717) is 0 Å². The van der Waals surface area contributed by atoms with Gasteiger partial charge >= 0.3 is 0 Å². The first-order valence-corrected chi connectivity index (χ1v) is 5.97. The summed E-state index contributed by atoms with van der Waals surface area (Å²) in [5.74, 6) is 0. The smallest absolute Gasteiger partial charge is 0.0437 e. The Bertz CT molecular complexity index is 47.6. The molecule has 0 fully saturated rings. The fraction of sp³-hybridized carbons (Fsp3) is 1.00. The highest BCUT2D eigenvalue weighted by atomic mass is 16.5. The molecule has 0 saturated carbocycles. The van der Waals surface area contributed by atoms with E-state index in [1.807, 2.05) is 41.5 Å². The fourth-order valence-corrected chi connectivity index (χ4v) is 0.612. The van der Waals surface area contributed by atoms with Gasteiger partial charge in [-0.1, -0.05) is 0 Å². The van der Waals surface area contributed by atoms with Crippen molar-refractivity contribution in [2.75, 3.05) is 39.6 Å². The van der Waals surface area contributed by atoms with E-state index in [2.05, 4.69) is 0 Å². The molecule has 0 rings (SSSR count). The van der Waals surface area contributed by atoms with Crippen molar-refractivity contribution in [3.8, 4) is 0 Å². The second kappa shape index (κ2) is 29.2. The normalized spacial score (nSPS) is 8.40. The van der Waals surface area contributed by atoms with Gasteiger partial charge in [0, 0.05) is 39.6 Å². The summed E-state index contributed by atoms with van der Waals surface area (Å²) in [5, 5.41) is 0. The topological polar surface area (TPSA) is 27.7 Å². The summed E-state index contributed by atoms with van der Waals surface area (Å²) in [5.41, 5.74) is 0. The summed E-state index contributed by atoms with van der Waals surface area (Å²) in [6, 6.07) is 0. The third-order valence-electron chi connectivity index (χ3n) is 1.22. The molecule has 0 aliphatic carbocycles. The van der Waals surface area contributed by atoms with Crippen LogP contribution in [0.25, 0.3) is 0 Å². The lowest BCUT2D eigenvalue weighted by atomic mass is 10.8. The summed E-state index contributed by atoms with van der Waals surface area (Å²) in [7, 11) is 0. The molecular formula is C12H30O3. The second-order valence-electron chi connectivity index (χ2n) is 2.34. The molecule has 0 bridgehead atoms. The Morgan fingerprint density at radius 1 is 0.400 bits per heavy atom. The first-order valence-electron chi connectivity index (χ1n) is 5.97. The van der Waals surface area contributed by atoms with E-state index < -0.39 is 0 Å². The molecule has 0 aliphatic rings. The Labute approximate surface area is 96.1 Å². The van der Waals surface area contributed by atoms with E-state index in [1.165, 1.54) is 0 Å². The second-order valence-corrected chi connectivity index (χ2v) is 2.34. The van der Waals surface area contributed by atoms with Gasteiger partial charge in [-0.25, -0.2) is 0 Å². The van der Waals surface area contributed by atoms with Gasteiger partial charge in [-0.05, 0) is 41.5 Å². The van der Waals surface area contributed by atoms with Crippen molar-refractivity contribution in [3.63, 3.8) is 0 Å². The summed E-state index contributed by atoms with van der Waals surface area (Å²) < 4.78 is 14.5. The number of ether oxygens (including phenoxy) is 3. The van der Waals surface area contributed by atoms with Crippen molar-refractivity contribution in [1.82, 2.24) is 0 Å². The van der Waals surface area contributed by atoms with Gasteiger partial charge in [0.2, 0.25) is 0 Å². The zero-order valence-corrected chi connectivity index (χ0v) is 11.5. The van der Waals surface area contributed by atoms with Crippen LogP contribution in [0.3, 0.4) is 0 Å². The van der Waals surface area contributed by atoms with E-state index in [9.17, 15) is 0 Å². The maximum absolute atomic E-state index is 4.83. The molecule has 0 aliphatic heterocycles. The summed E-state index contributed by atoms with van der Waals surface area (Å²) in [6.45, 7) is 17.0. The molecule has 0 saturated heterocycles. The summed E-state index contributed by atoms with van der Waals surface area (Å²) >= 11 is 0. The van der Waals surface area contributed by atoms with Crippen LogP contribution in [0, 0.1) is 0 Å². The summed E-state index contributed by atoms with van der Waals surface area (Å²) in [4.78, 5) is 0. The highest BCUT2D eigenvalue weighted by Crippen LogP contribution is 1.65. The van der Waals surface area contributed by atoms with Crippen molar-refractivity contribution in [2.24, 2.45) is 0 Å². The van der Waals surface area contributed by atoms with Crippen molar-refractivity contribution in [1.29, 1.82) is 0 Å². The van der Waals surface area contributed by atoms with Crippen LogP contribution in [0.2, 0.25) is 0 Å². The molecular weight excluding hydrogens is 192 g/mol. The average molecular weight is 222 g/mol. The third kappa shape index (κ3) is 56.7. The molecule has 0 atom stereocenters. The van der Waals surface area contributed by atoms with Crippen molar-refractivity contribution < 1.29 is 14.2 Å². The first-order chi connectivity index (χ1) is 7.24. The molecule has 3 heteroatoms. The highest BCUT2D eigenvalue weighted by molar-refractivity contribution is 4.08. The zero-order chi connectivity index (χ0) is 12.4. The molecule has 0 spiro atoms. The van der Waals surface area contributed by atoms with Crippen molar-refractivity contribution in [2.45, 2.75) is 41.5 Å². The maximum Gasteiger partial charge on any atom is 0.0437 e. The van der Waals surface area contributed by atoms with Crippen LogP contribution in [0.15, 0.2) is 0 Å². The molecule has 96 valence electrons. The molecule has 3 nitrogen and oxygen atoms in total. The van der Waals surface area contributed by atoms with Gasteiger partial charge in [0.15, 0.2) is 0 Å². The quantitative estimate of drug-likeness (QED) is 0.691. The molecule has 0 unspecified atom stereocenters. The van der Waals surface area contributed by atoms with Gasteiger partial charge in [-0.2, -0.15) is 0 Å². The molecule has 0 heterocycles. The first kappa shape index (κ1) is 20.3. The van der Waals surface area contributed by atoms with Gasteiger partial charge in [0.05, 0.1) is 0 Å². The number of hydrogen-bond acceptors (Lipinski definition) is 3. The average Bonchev–Trinajstić information content (AvgIpc) is 2.23. The predicted octanol–water partition coefficient (Wildman–Crippen LogP) is 3.13. The predicted molar refractivity (Wildman–Crippen MR) is 66.5 cm³/mol. The van der Waals surface area contributed by atoms with Crippen LogP contribution >= 0.6 is 0 Å². The third-order valence-corrected chi connectivity index (χ3v) is 1.22. The monoisotopic (exact) mass is 222 g/mol. The SMILES string of the molecule is CCOCC.CCOCC.CCOCC. The van der Waals surface area contributed by atoms with Gasteiger partial charge in [-0.15, -0.1) is 0 Å². The van der Waals surface area contributed by atoms with E-state index in [-0.39, 0.29) is 0 Å². The number of rotatable bonds is 6. The Morgan fingerprint density at radius 2 is 0.533 bits per heavy atom. The van der Waals surface area contributed by atoms with Gasteiger partial charge in [0.25, 0.3) is 0 Å². The van der Waals surface area contributed by atoms with Crippen molar-refractivity contribution >= 4 is 0 Å². The minimum atomic E-state index is 0.844. The Hall–Kier alpha value is -0.120. The lowest BCUT2D eigenvalue weighted by molar-refractivity contribution is 0.162. The van der Waals surface area contributed by atoms with E-state index in [0.717, 1.165) is 39.6 Å². The lowest BCUT2D eigenvalue weighted by Gasteiger charge is -1.86. The van der Waals surface area contributed by atoms with Crippen LogP contribution in [0.5, 0.6) is 0 Å². The van der Waals surface area contributed by atoms with Gasteiger partial charge in [0.1, 0.15) is 0 Å². The fourth-order valence-electron chi connectivity index (χ4n) is 0.612. The zero-order valence-electron chi connectivity index (χ0n) is 11.5. The van der Waals surface area contributed by atoms with Crippen LogP contribution in [-0.2, 0) is 14.2 Å². The minimum Gasteiger partial charge on any atom is -0.382 e. The lowest BCUT2D eigenvalue weighted by Crippen LogP contribution is -1.84. The maximum atomic E-state index is 4.83. The van der Waals surface area contributed by atoms with E-state index in [1.54, 1.807) is 0 Å². The standard InChI is InChI=1S/3C4H10O/c3*1-3-5-4-2/h3*3-4H2,1-2H3. The van der Waals surface area contributed by atoms with Gasteiger partial charge in [-0.3, -0.25) is 0 Å². The Kier molecular flexibility index (Phi) is 39.5. The van der Waals surface area contributed by atoms with Crippen LogP contribution in [0.4, 0.5) is 0 Å². The Morgan fingerprint density at radius 3 is 0.533 bits per heavy atom. The van der Waals surface area contributed by atoms with Crippen molar-refractivity contribution in [3.05, 3.63) is 0 Å².